The monoisotopic (exact) mass is 777 g/mol. The van der Waals surface area contributed by atoms with Gasteiger partial charge in [0.1, 0.15) is 6.17 Å². The number of hydrogen-bond acceptors (Lipinski definition) is 6. The maximum atomic E-state index is 5.32. The summed E-state index contributed by atoms with van der Waals surface area (Å²) in [6.45, 7) is 2.36. The van der Waals surface area contributed by atoms with Crippen LogP contribution in [0.1, 0.15) is 52.6 Å². The molecule has 0 radical (unpaired) electrons. The number of rotatable bonds is 10. The first-order valence-electron chi connectivity index (χ1n) is 20.2. The summed E-state index contributed by atoms with van der Waals surface area (Å²) < 4.78 is 0. The van der Waals surface area contributed by atoms with Gasteiger partial charge in [0, 0.05) is 28.7 Å². The van der Waals surface area contributed by atoms with Crippen LogP contribution in [0, 0.1) is 0 Å². The zero-order valence-electron chi connectivity index (χ0n) is 33.2. The van der Waals surface area contributed by atoms with Crippen LogP contribution in [0.25, 0.3) is 39.6 Å². The molecule has 0 saturated carbocycles. The first-order valence-corrected chi connectivity index (χ1v) is 20.2. The van der Waals surface area contributed by atoms with E-state index in [-0.39, 0.29) is 12.2 Å². The van der Waals surface area contributed by atoms with Gasteiger partial charge in [-0.1, -0.05) is 164 Å². The lowest BCUT2D eigenvalue weighted by Crippen LogP contribution is -2.39. The Balaban J connectivity index is 1.11. The molecule has 7 nitrogen and oxygen atoms in total. The van der Waals surface area contributed by atoms with Crippen LogP contribution < -0.4 is 10.6 Å². The molecule has 7 heteroatoms. The smallest absolute Gasteiger partial charge is 0.155 e. The molecule has 1 aliphatic heterocycles. The van der Waals surface area contributed by atoms with E-state index in [0.717, 1.165) is 78.8 Å². The van der Waals surface area contributed by atoms with Gasteiger partial charge in [0.25, 0.3) is 0 Å². The highest BCUT2D eigenvalue weighted by Gasteiger charge is 2.27. The molecular weight excluding hydrogens is 735 g/mol. The number of aromatic nitrogens is 3. The van der Waals surface area contributed by atoms with Crippen LogP contribution in [0.4, 0.5) is 0 Å². The molecule has 5 aromatic carbocycles. The zero-order chi connectivity index (χ0) is 40.5. The topological polar surface area (TPSA) is 87.5 Å². The van der Waals surface area contributed by atoms with Crippen LogP contribution in [0.15, 0.2) is 216 Å². The van der Waals surface area contributed by atoms with Crippen molar-refractivity contribution in [1.29, 1.82) is 0 Å². The fraction of sp³-hybridized carbons (Fsp3) is 0.0755. The maximum Gasteiger partial charge on any atom is 0.155 e. The number of amidine groups is 1. The summed E-state index contributed by atoms with van der Waals surface area (Å²) in [6, 6.07) is 65.9. The van der Waals surface area contributed by atoms with Gasteiger partial charge in [-0.25, -0.2) is 15.0 Å². The standard InChI is InChI=1S/C53H43N7/c1-37(38-19-7-2-8-20-38)56-52(41-25-13-5-14-26-41)55-36-44-29-17-31-46(57-44)49-33-43(39-21-9-3-10-22-39)34-50(58-49)51-45(30-18-32-54-51)48-35-47(40-23-11-4-12-24-40)59-53(60-48)42-27-15-6-16-28-42/h2-35,48,53,59-60H,36H2,1H3/b55-52-,56-37+. The molecule has 2 atom stereocenters. The Labute approximate surface area is 351 Å². The number of nitrogens with zero attached hydrogens (tertiary/aromatic N) is 5. The molecule has 9 rings (SSSR count). The Morgan fingerprint density at radius 3 is 1.92 bits per heavy atom. The van der Waals surface area contributed by atoms with Crippen molar-refractivity contribution in [2.45, 2.75) is 25.7 Å². The lowest BCUT2D eigenvalue weighted by atomic mass is 9.95. The summed E-state index contributed by atoms with van der Waals surface area (Å²) in [5.41, 5.74) is 13.2. The Hall–Kier alpha value is -7.61. The van der Waals surface area contributed by atoms with Crippen LogP contribution in [-0.4, -0.2) is 26.5 Å². The second-order valence-electron chi connectivity index (χ2n) is 14.6. The molecule has 0 amide bonds. The molecule has 4 heterocycles. The van der Waals surface area contributed by atoms with Gasteiger partial charge in [-0.05, 0) is 71.1 Å². The van der Waals surface area contributed by atoms with Gasteiger partial charge in [0.2, 0.25) is 0 Å². The molecule has 60 heavy (non-hydrogen) atoms. The highest BCUT2D eigenvalue weighted by molar-refractivity contribution is 6.11. The van der Waals surface area contributed by atoms with Crippen molar-refractivity contribution in [3.05, 3.63) is 240 Å². The van der Waals surface area contributed by atoms with Gasteiger partial charge in [-0.2, -0.15) is 0 Å². The quantitative estimate of drug-likeness (QED) is 0.107. The van der Waals surface area contributed by atoms with Gasteiger partial charge in [0.05, 0.1) is 41.1 Å². The van der Waals surface area contributed by atoms with Gasteiger partial charge in [0.15, 0.2) is 5.84 Å². The molecule has 0 aliphatic carbocycles. The number of pyridine rings is 3. The summed E-state index contributed by atoms with van der Waals surface area (Å²) in [6.07, 6.45) is 3.96. The average molecular weight is 778 g/mol. The van der Waals surface area contributed by atoms with Crippen LogP contribution in [0.3, 0.4) is 0 Å². The van der Waals surface area contributed by atoms with E-state index in [1.165, 1.54) is 0 Å². The Morgan fingerprint density at radius 2 is 1.20 bits per heavy atom. The van der Waals surface area contributed by atoms with Gasteiger partial charge < -0.3 is 5.32 Å². The predicted octanol–water partition coefficient (Wildman–Crippen LogP) is 11.3. The molecule has 3 aromatic heterocycles. The van der Waals surface area contributed by atoms with Gasteiger partial charge in [-0.3, -0.25) is 15.3 Å². The van der Waals surface area contributed by atoms with E-state index in [0.29, 0.717) is 12.4 Å². The van der Waals surface area contributed by atoms with E-state index < -0.39 is 0 Å². The maximum absolute atomic E-state index is 5.32. The Bertz CT molecular complexity index is 2790. The van der Waals surface area contributed by atoms with E-state index >= 15 is 0 Å². The average Bonchev–Trinajstić information content (AvgIpc) is 3.34. The van der Waals surface area contributed by atoms with Crippen molar-refractivity contribution in [1.82, 2.24) is 25.6 Å². The molecule has 0 spiro atoms. The van der Waals surface area contributed by atoms with Gasteiger partial charge in [-0.15, -0.1) is 0 Å². The highest BCUT2D eigenvalue weighted by atomic mass is 15.2. The molecule has 0 bridgehead atoms. The molecule has 290 valence electrons. The third kappa shape index (κ3) is 8.77. The third-order valence-electron chi connectivity index (χ3n) is 10.5. The van der Waals surface area contributed by atoms with Crippen molar-refractivity contribution in [2.75, 3.05) is 0 Å². The minimum Gasteiger partial charge on any atom is -0.366 e. The van der Waals surface area contributed by atoms with Crippen LogP contribution in [-0.2, 0) is 6.54 Å². The SMILES string of the molecule is C/C(=N\C(=N/Cc1cccc(-c2cc(-c3ccccc3)cc(-c3ncccc3C3C=C(c4ccccc4)NC(c4ccccc4)N3)n2)n1)c1ccccc1)c1ccccc1. The second kappa shape index (κ2) is 17.9. The number of hydrogen-bond donors (Lipinski definition) is 2. The number of aliphatic imine (C=N–C) groups is 2. The molecule has 2 N–H and O–H groups in total. The third-order valence-corrected chi connectivity index (χ3v) is 10.5. The normalized spacial score (nSPS) is 15.5. The minimum absolute atomic E-state index is 0.131. The van der Waals surface area contributed by atoms with E-state index in [4.69, 9.17) is 24.9 Å². The summed E-state index contributed by atoms with van der Waals surface area (Å²) in [4.78, 5) is 25.5. The Morgan fingerprint density at radius 1 is 0.567 bits per heavy atom. The lowest BCUT2D eigenvalue weighted by molar-refractivity contribution is 0.442. The summed E-state index contributed by atoms with van der Waals surface area (Å²) in [5.74, 6) is 0.656. The molecular formula is C53H43N7. The predicted molar refractivity (Wildman–Crippen MR) is 244 cm³/mol. The highest BCUT2D eigenvalue weighted by Crippen LogP contribution is 2.36. The van der Waals surface area contributed by atoms with E-state index in [2.05, 4.69) is 120 Å². The first-order chi connectivity index (χ1) is 29.6. The van der Waals surface area contributed by atoms with E-state index in [1.54, 1.807) is 0 Å². The molecule has 0 fully saturated rings. The molecule has 0 saturated heterocycles. The summed E-state index contributed by atoms with van der Waals surface area (Å²) >= 11 is 0. The van der Waals surface area contributed by atoms with E-state index in [1.807, 2.05) is 104 Å². The second-order valence-corrected chi connectivity index (χ2v) is 14.6. The molecule has 8 aromatic rings. The largest absolute Gasteiger partial charge is 0.366 e. The summed E-state index contributed by atoms with van der Waals surface area (Å²) in [7, 11) is 0. The minimum atomic E-state index is -0.174. The molecule has 1 aliphatic rings. The zero-order valence-corrected chi connectivity index (χ0v) is 33.2. The van der Waals surface area contributed by atoms with Crippen molar-refractivity contribution < 1.29 is 0 Å². The Kier molecular flexibility index (Phi) is 11.3. The number of nitrogens with one attached hydrogen (secondary N) is 2. The fourth-order valence-electron chi connectivity index (χ4n) is 7.45. The van der Waals surface area contributed by atoms with Crippen molar-refractivity contribution >= 4 is 17.2 Å². The van der Waals surface area contributed by atoms with Crippen molar-refractivity contribution in [2.24, 2.45) is 9.98 Å². The van der Waals surface area contributed by atoms with Crippen molar-refractivity contribution in [3.63, 3.8) is 0 Å². The van der Waals surface area contributed by atoms with Crippen LogP contribution in [0.5, 0.6) is 0 Å². The van der Waals surface area contributed by atoms with Crippen LogP contribution in [0.2, 0.25) is 0 Å². The summed E-state index contributed by atoms with van der Waals surface area (Å²) in [5, 5.41) is 7.61. The molecule has 2 unspecified atom stereocenters. The lowest BCUT2D eigenvalue weighted by Gasteiger charge is -2.33. The number of benzene rings is 5. The fourth-order valence-corrected chi connectivity index (χ4v) is 7.45. The van der Waals surface area contributed by atoms with Crippen molar-refractivity contribution in [3.8, 4) is 33.9 Å². The van der Waals surface area contributed by atoms with Crippen LogP contribution >= 0.6 is 0 Å². The first kappa shape index (κ1) is 37.9. The van der Waals surface area contributed by atoms with Gasteiger partial charge >= 0.3 is 0 Å². The van der Waals surface area contributed by atoms with E-state index in [9.17, 15) is 0 Å².